The van der Waals surface area contributed by atoms with E-state index in [0.717, 1.165) is 46.7 Å². The number of para-hydroxylation sites is 3. The van der Waals surface area contributed by atoms with Crippen molar-refractivity contribution in [2.24, 2.45) is 0 Å². The van der Waals surface area contributed by atoms with Gasteiger partial charge in [-0.3, -0.25) is 4.79 Å². The lowest BCUT2D eigenvalue weighted by atomic mass is 10.1. The molecule has 3 aromatic carbocycles. The van der Waals surface area contributed by atoms with Gasteiger partial charge >= 0.3 is 0 Å². The molecule has 1 unspecified atom stereocenters. The van der Waals surface area contributed by atoms with E-state index in [9.17, 15) is 4.79 Å². The number of hydrogen-bond donors (Lipinski definition) is 0. The lowest BCUT2D eigenvalue weighted by Gasteiger charge is -2.17. The monoisotopic (exact) mass is 439 g/mol. The zero-order valence-electron chi connectivity index (χ0n) is 19.0. The maximum Gasteiger partial charge on any atom is 0.223 e. The molecule has 1 saturated heterocycles. The Kier molecular flexibility index (Phi) is 6.11. The van der Waals surface area contributed by atoms with Gasteiger partial charge in [0.15, 0.2) is 0 Å². The Hall–Kier alpha value is -3.60. The van der Waals surface area contributed by atoms with Crippen molar-refractivity contribution in [2.45, 2.75) is 38.8 Å². The van der Waals surface area contributed by atoms with E-state index in [0.29, 0.717) is 26.1 Å². The summed E-state index contributed by atoms with van der Waals surface area (Å²) in [4.78, 5) is 19.7. The second kappa shape index (κ2) is 9.49. The van der Waals surface area contributed by atoms with Crippen molar-refractivity contribution in [2.75, 3.05) is 13.2 Å². The molecule has 0 aliphatic carbocycles. The van der Waals surface area contributed by atoms with Gasteiger partial charge in [-0.2, -0.15) is 0 Å². The zero-order chi connectivity index (χ0) is 22.6. The fraction of sp³-hybridized carbons (Fsp3) is 0.286. The topological polar surface area (TPSA) is 47.4 Å². The highest BCUT2D eigenvalue weighted by molar-refractivity contribution is 5.81. The summed E-state index contributed by atoms with van der Waals surface area (Å²) >= 11 is 0. The van der Waals surface area contributed by atoms with Crippen LogP contribution < -0.4 is 4.74 Å². The number of aromatic nitrogens is 2. The summed E-state index contributed by atoms with van der Waals surface area (Å²) in [7, 11) is 0. The molecule has 0 radical (unpaired) electrons. The van der Waals surface area contributed by atoms with Crippen LogP contribution in [0.1, 0.15) is 35.7 Å². The predicted octanol–water partition coefficient (Wildman–Crippen LogP) is 5.33. The van der Waals surface area contributed by atoms with E-state index in [-0.39, 0.29) is 11.8 Å². The van der Waals surface area contributed by atoms with Crippen LogP contribution in [0.25, 0.3) is 11.0 Å². The Balaban J connectivity index is 1.31. The predicted molar refractivity (Wildman–Crippen MR) is 130 cm³/mol. The van der Waals surface area contributed by atoms with E-state index in [1.165, 1.54) is 0 Å². The summed E-state index contributed by atoms with van der Waals surface area (Å²) in [6.07, 6.45) is 1.38. The summed E-state index contributed by atoms with van der Waals surface area (Å²) in [5.74, 6) is 2.25. The first kappa shape index (κ1) is 21.3. The molecule has 5 rings (SSSR count). The number of fused-ring (bicyclic) bond motifs is 1. The molecule has 1 atom stereocenters. The van der Waals surface area contributed by atoms with Crippen molar-refractivity contribution in [3.8, 4) is 5.75 Å². The summed E-state index contributed by atoms with van der Waals surface area (Å²) in [5, 5.41) is 0. The number of carbonyl (C=O) groups is 1. The van der Waals surface area contributed by atoms with Crippen LogP contribution in [0.5, 0.6) is 5.75 Å². The number of carbonyl (C=O) groups excluding carboxylic acids is 1. The van der Waals surface area contributed by atoms with Crippen molar-refractivity contribution in [3.05, 3.63) is 95.8 Å². The minimum absolute atomic E-state index is 0.103. The summed E-state index contributed by atoms with van der Waals surface area (Å²) in [6.45, 7) is 4.87. The van der Waals surface area contributed by atoms with E-state index in [1.54, 1.807) is 0 Å². The van der Waals surface area contributed by atoms with E-state index < -0.39 is 0 Å². The summed E-state index contributed by atoms with van der Waals surface area (Å²) in [6, 6.07) is 26.5. The lowest BCUT2D eigenvalue weighted by molar-refractivity contribution is -0.128. The van der Waals surface area contributed by atoms with Gasteiger partial charge in [0, 0.05) is 32.0 Å². The molecule has 33 heavy (non-hydrogen) atoms. The molecular formula is C28H29N3O2. The van der Waals surface area contributed by atoms with Crippen molar-refractivity contribution in [1.82, 2.24) is 14.5 Å². The first-order valence-electron chi connectivity index (χ1n) is 11.6. The molecule has 1 fully saturated rings. The highest BCUT2D eigenvalue weighted by Gasteiger charge is 2.33. The van der Waals surface area contributed by atoms with Crippen LogP contribution in [0.15, 0.2) is 78.9 Å². The Bertz CT molecular complexity index is 1250. The Morgan fingerprint density at radius 1 is 0.970 bits per heavy atom. The summed E-state index contributed by atoms with van der Waals surface area (Å²) < 4.78 is 8.31. The van der Waals surface area contributed by atoms with Gasteiger partial charge in [0.2, 0.25) is 5.91 Å². The molecule has 5 heteroatoms. The van der Waals surface area contributed by atoms with Crippen LogP contribution in [-0.4, -0.2) is 33.5 Å². The van der Waals surface area contributed by atoms with Crippen LogP contribution in [0.3, 0.4) is 0 Å². The van der Waals surface area contributed by atoms with Gasteiger partial charge in [-0.15, -0.1) is 0 Å². The Morgan fingerprint density at radius 2 is 1.73 bits per heavy atom. The highest BCUT2D eigenvalue weighted by atomic mass is 16.5. The average molecular weight is 440 g/mol. The van der Waals surface area contributed by atoms with E-state index >= 15 is 0 Å². The highest BCUT2D eigenvalue weighted by Crippen LogP contribution is 2.31. The SMILES string of the molecule is Cc1ccccc1OCCCn1c(C2CC(=O)N(Cc3ccccc3)C2)nc2ccccc21. The first-order chi connectivity index (χ1) is 16.2. The average Bonchev–Trinajstić information content (AvgIpc) is 3.39. The normalized spacial score (nSPS) is 16.0. The van der Waals surface area contributed by atoms with Crippen LogP contribution >= 0.6 is 0 Å². The molecule has 1 amide bonds. The molecule has 1 aliphatic rings. The molecule has 0 spiro atoms. The smallest absolute Gasteiger partial charge is 0.223 e. The quantitative estimate of drug-likeness (QED) is 0.349. The number of nitrogens with zero attached hydrogens (tertiary/aromatic N) is 3. The number of rotatable bonds is 8. The van der Waals surface area contributed by atoms with Gasteiger partial charge in [0.05, 0.1) is 17.6 Å². The van der Waals surface area contributed by atoms with Crippen LogP contribution in [0.2, 0.25) is 0 Å². The number of imidazole rings is 1. The van der Waals surface area contributed by atoms with Gasteiger partial charge in [0.1, 0.15) is 11.6 Å². The van der Waals surface area contributed by atoms with Crippen LogP contribution in [0, 0.1) is 6.92 Å². The van der Waals surface area contributed by atoms with Gasteiger partial charge in [0.25, 0.3) is 0 Å². The van der Waals surface area contributed by atoms with Crippen LogP contribution in [-0.2, 0) is 17.9 Å². The molecule has 1 aliphatic heterocycles. The third-order valence-corrected chi connectivity index (χ3v) is 6.36. The van der Waals surface area contributed by atoms with E-state index in [4.69, 9.17) is 9.72 Å². The molecule has 0 saturated carbocycles. The molecular weight excluding hydrogens is 410 g/mol. The standard InChI is InChI=1S/C28H29N3O2/c1-21-10-5-8-15-26(21)33-17-9-16-31-25-14-7-6-13-24(25)29-28(31)23-18-27(32)30(20-23)19-22-11-3-2-4-12-22/h2-8,10-15,23H,9,16-20H2,1H3. The number of amides is 1. The van der Waals surface area contributed by atoms with Gasteiger partial charge in [-0.25, -0.2) is 4.98 Å². The molecule has 2 heterocycles. The fourth-order valence-corrected chi connectivity index (χ4v) is 4.67. The number of benzene rings is 3. The molecule has 5 nitrogen and oxygen atoms in total. The van der Waals surface area contributed by atoms with Gasteiger partial charge in [-0.1, -0.05) is 60.7 Å². The van der Waals surface area contributed by atoms with Crippen molar-refractivity contribution < 1.29 is 9.53 Å². The minimum atomic E-state index is 0.103. The van der Waals surface area contributed by atoms with E-state index in [2.05, 4.69) is 47.9 Å². The zero-order valence-corrected chi connectivity index (χ0v) is 19.0. The van der Waals surface area contributed by atoms with Crippen LogP contribution in [0.4, 0.5) is 0 Å². The fourth-order valence-electron chi connectivity index (χ4n) is 4.67. The first-order valence-corrected chi connectivity index (χ1v) is 11.6. The third-order valence-electron chi connectivity index (χ3n) is 6.36. The Labute approximate surface area is 194 Å². The lowest BCUT2D eigenvalue weighted by Crippen LogP contribution is -2.24. The van der Waals surface area contributed by atoms with Crippen molar-refractivity contribution >= 4 is 16.9 Å². The largest absolute Gasteiger partial charge is 0.493 e. The molecule has 4 aromatic rings. The minimum Gasteiger partial charge on any atom is -0.493 e. The Morgan fingerprint density at radius 3 is 2.58 bits per heavy atom. The maximum atomic E-state index is 12.8. The number of aryl methyl sites for hydroxylation is 2. The third kappa shape index (κ3) is 4.63. The van der Waals surface area contributed by atoms with Crippen molar-refractivity contribution in [1.29, 1.82) is 0 Å². The second-order valence-electron chi connectivity index (χ2n) is 8.74. The maximum absolute atomic E-state index is 12.8. The molecule has 0 N–H and O–H groups in total. The molecule has 0 bridgehead atoms. The van der Waals surface area contributed by atoms with E-state index in [1.807, 2.05) is 47.4 Å². The van der Waals surface area contributed by atoms with Crippen molar-refractivity contribution in [3.63, 3.8) is 0 Å². The summed E-state index contributed by atoms with van der Waals surface area (Å²) in [5.41, 5.74) is 4.42. The molecule has 1 aromatic heterocycles. The van der Waals surface area contributed by atoms with Gasteiger partial charge in [-0.05, 0) is 42.7 Å². The second-order valence-corrected chi connectivity index (χ2v) is 8.74. The number of hydrogen-bond acceptors (Lipinski definition) is 3. The number of likely N-dealkylation sites (tertiary alicyclic amines) is 1. The van der Waals surface area contributed by atoms with Gasteiger partial charge < -0.3 is 14.2 Å². The number of ether oxygens (including phenoxy) is 1. The molecule has 168 valence electrons.